The molecule has 0 amide bonds. The van der Waals surface area contributed by atoms with Gasteiger partial charge in [-0.25, -0.2) is 0 Å². The van der Waals surface area contributed by atoms with Crippen molar-refractivity contribution in [3.8, 4) is 22.8 Å². The smallest absolute Gasteiger partial charge is 0.130 e. The Hall–Kier alpha value is -2.68. The summed E-state index contributed by atoms with van der Waals surface area (Å²) in [7, 11) is 0. The highest BCUT2D eigenvalue weighted by Gasteiger charge is 2.08. The second-order valence-corrected chi connectivity index (χ2v) is 5.34. The fourth-order valence-corrected chi connectivity index (χ4v) is 2.41. The van der Waals surface area contributed by atoms with E-state index >= 15 is 0 Å². The van der Waals surface area contributed by atoms with Crippen LogP contribution in [-0.4, -0.2) is 9.97 Å². The van der Waals surface area contributed by atoms with Gasteiger partial charge in [-0.05, 0) is 56.7 Å². The van der Waals surface area contributed by atoms with E-state index in [0.717, 1.165) is 39.7 Å². The zero-order chi connectivity index (χ0) is 15.5. The lowest BCUT2D eigenvalue weighted by Crippen LogP contribution is -1.95. The van der Waals surface area contributed by atoms with E-state index in [1.165, 1.54) is 0 Å². The summed E-state index contributed by atoms with van der Waals surface area (Å²) in [6.07, 6.45) is 1.80. The molecule has 110 valence electrons. The summed E-state index contributed by atoms with van der Waals surface area (Å²) in [4.78, 5) is 8.98. The number of benzene rings is 2. The number of nitrogens with zero attached hydrogens (tertiary/aromatic N) is 2. The molecule has 0 aliphatic carbocycles. The molecule has 0 spiro atoms. The van der Waals surface area contributed by atoms with Crippen LogP contribution in [0.25, 0.3) is 11.3 Å². The molecule has 0 aliphatic rings. The standard InChI is InChI=1S/C19H18N2O/c1-13-11-16(19-15(3)21-14(2)12-20-19)9-10-18(13)22-17-7-5-4-6-8-17/h4-12H,1-3H3. The van der Waals surface area contributed by atoms with Crippen LogP contribution in [0.5, 0.6) is 11.5 Å². The summed E-state index contributed by atoms with van der Waals surface area (Å²) in [6, 6.07) is 15.9. The summed E-state index contributed by atoms with van der Waals surface area (Å²) >= 11 is 0. The van der Waals surface area contributed by atoms with Crippen molar-refractivity contribution in [3.63, 3.8) is 0 Å². The first-order valence-electron chi connectivity index (χ1n) is 7.27. The van der Waals surface area contributed by atoms with Gasteiger partial charge in [0.2, 0.25) is 0 Å². The first-order chi connectivity index (χ1) is 10.6. The maximum Gasteiger partial charge on any atom is 0.130 e. The second kappa shape index (κ2) is 5.98. The van der Waals surface area contributed by atoms with Crippen LogP contribution in [0.1, 0.15) is 17.0 Å². The summed E-state index contributed by atoms with van der Waals surface area (Å²) in [6.45, 7) is 5.98. The maximum atomic E-state index is 5.91. The predicted octanol–water partition coefficient (Wildman–Crippen LogP) is 4.86. The third kappa shape index (κ3) is 2.98. The molecular weight excluding hydrogens is 272 g/mol. The molecule has 0 saturated heterocycles. The van der Waals surface area contributed by atoms with Crippen molar-refractivity contribution in [3.05, 3.63) is 71.7 Å². The Balaban J connectivity index is 1.92. The highest BCUT2D eigenvalue weighted by atomic mass is 16.5. The zero-order valence-corrected chi connectivity index (χ0v) is 13.0. The topological polar surface area (TPSA) is 35.0 Å². The van der Waals surface area contributed by atoms with E-state index in [9.17, 15) is 0 Å². The molecule has 3 aromatic rings. The Morgan fingerprint density at radius 3 is 2.36 bits per heavy atom. The van der Waals surface area contributed by atoms with Gasteiger partial charge < -0.3 is 4.74 Å². The molecule has 2 aromatic carbocycles. The van der Waals surface area contributed by atoms with E-state index in [1.54, 1.807) is 6.20 Å². The van der Waals surface area contributed by atoms with E-state index in [0.29, 0.717) is 0 Å². The van der Waals surface area contributed by atoms with Crippen LogP contribution in [0.15, 0.2) is 54.7 Å². The first kappa shape index (κ1) is 14.3. The van der Waals surface area contributed by atoms with Gasteiger partial charge in [-0.3, -0.25) is 9.97 Å². The minimum absolute atomic E-state index is 0.838. The average Bonchev–Trinajstić information content (AvgIpc) is 2.50. The lowest BCUT2D eigenvalue weighted by molar-refractivity contribution is 0.479. The zero-order valence-electron chi connectivity index (χ0n) is 13.0. The van der Waals surface area contributed by atoms with E-state index in [4.69, 9.17) is 4.74 Å². The molecule has 1 aromatic heterocycles. The summed E-state index contributed by atoms with van der Waals surface area (Å²) in [5.74, 6) is 1.69. The third-order valence-electron chi connectivity index (χ3n) is 3.49. The van der Waals surface area contributed by atoms with E-state index in [1.807, 2.05) is 63.2 Å². The Morgan fingerprint density at radius 1 is 0.909 bits per heavy atom. The van der Waals surface area contributed by atoms with Crippen LogP contribution in [0.4, 0.5) is 0 Å². The van der Waals surface area contributed by atoms with Crippen LogP contribution >= 0.6 is 0 Å². The summed E-state index contributed by atoms with van der Waals surface area (Å²) < 4.78 is 5.91. The first-order valence-corrected chi connectivity index (χ1v) is 7.27. The lowest BCUT2D eigenvalue weighted by Gasteiger charge is -2.11. The second-order valence-electron chi connectivity index (χ2n) is 5.34. The molecule has 0 N–H and O–H groups in total. The van der Waals surface area contributed by atoms with Crippen LogP contribution in [0, 0.1) is 20.8 Å². The van der Waals surface area contributed by atoms with E-state index < -0.39 is 0 Å². The number of aryl methyl sites for hydroxylation is 3. The van der Waals surface area contributed by atoms with Crippen molar-refractivity contribution >= 4 is 0 Å². The summed E-state index contributed by atoms with van der Waals surface area (Å²) in [5, 5.41) is 0. The fourth-order valence-electron chi connectivity index (χ4n) is 2.41. The van der Waals surface area contributed by atoms with Gasteiger partial charge in [0.15, 0.2) is 0 Å². The average molecular weight is 290 g/mol. The van der Waals surface area contributed by atoms with Crippen molar-refractivity contribution < 1.29 is 4.74 Å². The molecule has 0 fully saturated rings. The Kier molecular flexibility index (Phi) is 3.88. The third-order valence-corrected chi connectivity index (χ3v) is 3.49. The fraction of sp³-hybridized carbons (Fsp3) is 0.158. The number of rotatable bonds is 3. The largest absolute Gasteiger partial charge is 0.457 e. The number of para-hydroxylation sites is 1. The van der Waals surface area contributed by atoms with Gasteiger partial charge in [-0.2, -0.15) is 0 Å². The molecule has 22 heavy (non-hydrogen) atoms. The van der Waals surface area contributed by atoms with E-state index in [-0.39, 0.29) is 0 Å². The van der Waals surface area contributed by atoms with Crippen LogP contribution in [0.3, 0.4) is 0 Å². The van der Waals surface area contributed by atoms with Gasteiger partial charge in [-0.15, -0.1) is 0 Å². The van der Waals surface area contributed by atoms with E-state index in [2.05, 4.69) is 16.0 Å². The molecule has 0 aliphatic heterocycles. The number of hydrogen-bond acceptors (Lipinski definition) is 3. The van der Waals surface area contributed by atoms with Gasteiger partial charge in [0.25, 0.3) is 0 Å². The monoisotopic (exact) mass is 290 g/mol. The van der Waals surface area contributed by atoms with Crippen LogP contribution < -0.4 is 4.74 Å². The van der Waals surface area contributed by atoms with Gasteiger partial charge in [0.1, 0.15) is 11.5 Å². The van der Waals surface area contributed by atoms with Crippen molar-refractivity contribution in [2.45, 2.75) is 20.8 Å². The minimum atomic E-state index is 0.838. The van der Waals surface area contributed by atoms with Crippen LogP contribution in [-0.2, 0) is 0 Å². The van der Waals surface area contributed by atoms with Crippen molar-refractivity contribution in [1.29, 1.82) is 0 Å². The molecule has 3 rings (SSSR count). The van der Waals surface area contributed by atoms with Crippen molar-refractivity contribution in [2.75, 3.05) is 0 Å². The van der Waals surface area contributed by atoms with Gasteiger partial charge in [-0.1, -0.05) is 18.2 Å². The maximum absolute atomic E-state index is 5.91. The van der Waals surface area contributed by atoms with Gasteiger partial charge >= 0.3 is 0 Å². The molecule has 0 saturated carbocycles. The Labute approximate surface area is 130 Å². The normalized spacial score (nSPS) is 10.5. The van der Waals surface area contributed by atoms with Crippen LogP contribution in [0.2, 0.25) is 0 Å². The van der Waals surface area contributed by atoms with Gasteiger partial charge in [0, 0.05) is 11.8 Å². The molecule has 0 atom stereocenters. The van der Waals surface area contributed by atoms with Crippen molar-refractivity contribution in [2.24, 2.45) is 0 Å². The quantitative estimate of drug-likeness (QED) is 0.691. The predicted molar refractivity (Wildman–Crippen MR) is 88.2 cm³/mol. The van der Waals surface area contributed by atoms with Gasteiger partial charge in [0.05, 0.1) is 17.1 Å². The molecule has 3 nitrogen and oxygen atoms in total. The molecule has 0 radical (unpaired) electrons. The Morgan fingerprint density at radius 2 is 1.68 bits per heavy atom. The molecule has 0 unspecified atom stereocenters. The highest BCUT2D eigenvalue weighted by Crippen LogP contribution is 2.29. The molecule has 1 heterocycles. The lowest BCUT2D eigenvalue weighted by atomic mass is 10.1. The summed E-state index contributed by atoms with van der Waals surface area (Å²) in [5.41, 5.74) is 4.92. The molecular formula is C19H18N2O. The Bertz CT molecular complexity index is 798. The SMILES string of the molecule is Cc1cnc(-c2ccc(Oc3ccccc3)c(C)c2)c(C)n1. The molecule has 0 bridgehead atoms. The molecule has 3 heteroatoms. The number of aromatic nitrogens is 2. The minimum Gasteiger partial charge on any atom is -0.457 e. The number of ether oxygens (including phenoxy) is 1. The highest BCUT2D eigenvalue weighted by molar-refractivity contribution is 5.64. The van der Waals surface area contributed by atoms with Crippen molar-refractivity contribution in [1.82, 2.24) is 9.97 Å². The number of hydrogen-bond donors (Lipinski definition) is 0.